The Morgan fingerprint density at radius 2 is 2.04 bits per heavy atom. The maximum Gasteiger partial charge on any atom is 0.292 e. The van der Waals surface area contributed by atoms with Crippen molar-refractivity contribution >= 4 is 28.9 Å². The van der Waals surface area contributed by atoms with Gasteiger partial charge >= 0.3 is 0 Å². The van der Waals surface area contributed by atoms with Crippen molar-refractivity contribution in [2.24, 2.45) is 0 Å². The van der Waals surface area contributed by atoms with Gasteiger partial charge < -0.3 is 4.90 Å². The molecule has 28 heavy (non-hydrogen) atoms. The number of fused-ring (bicyclic) bond motifs is 1. The van der Waals surface area contributed by atoms with Crippen molar-refractivity contribution in [1.29, 1.82) is 0 Å². The van der Waals surface area contributed by atoms with E-state index in [1.54, 1.807) is 18.3 Å². The summed E-state index contributed by atoms with van der Waals surface area (Å²) in [5, 5.41) is 5.04. The number of nitrogens with zero attached hydrogens (tertiary/aromatic N) is 5. The number of anilines is 1. The van der Waals surface area contributed by atoms with Crippen molar-refractivity contribution in [2.45, 2.75) is 33.2 Å². The van der Waals surface area contributed by atoms with E-state index in [1.165, 1.54) is 4.68 Å². The van der Waals surface area contributed by atoms with E-state index < -0.39 is 0 Å². The summed E-state index contributed by atoms with van der Waals surface area (Å²) in [5.41, 5.74) is 3.87. The molecule has 1 aliphatic rings. The lowest BCUT2D eigenvalue weighted by Crippen LogP contribution is -2.34. The SMILES string of the molecule is CCc1ncc2c(n1)CN(c1cnn(-c3ccc(C)c(Cl)c3)c(=O)c1Cl)CC2. The molecule has 0 unspecified atom stereocenters. The summed E-state index contributed by atoms with van der Waals surface area (Å²) in [4.78, 5) is 23.9. The third kappa shape index (κ3) is 3.38. The molecule has 0 N–H and O–H groups in total. The summed E-state index contributed by atoms with van der Waals surface area (Å²) >= 11 is 12.6. The first-order chi connectivity index (χ1) is 13.5. The van der Waals surface area contributed by atoms with Gasteiger partial charge in [0.05, 0.1) is 29.8 Å². The minimum absolute atomic E-state index is 0.139. The van der Waals surface area contributed by atoms with Crippen molar-refractivity contribution in [3.05, 3.63) is 73.6 Å². The van der Waals surface area contributed by atoms with Crippen LogP contribution in [0.15, 0.2) is 35.4 Å². The molecule has 0 saturated heterocycles. The Bertz CT molecular complexity index is 1110. The van der Waals surface area contributed by atoms with Crippen molar-refractivity contribution in [3.8, 4) is 5.69 Å². The molecule has 0 aliphatic carbocycles. The first-order valence-electron chi connectivity index (χ1n) is 9.11. The zero-order chi connectivity index (χ0) is 19.8. The van der Waals surface area contributed by atoms with Gasteiger partial charge in [-0.25, -0.2) is 9.97 Å². The van der Waals surface area contributed by atoms with Crippen LogP contribution in [0.1, 0.15) is 29.6 Å². The quantitative estimate of drug-likeness (QED) is 0.651. The molecule has 0 spiro atoms. The van der Waals surface area contributed by atoms with Gasteiger partial charge in [0.1, 0.15) is 10.8 Å². The fourth-order valence-corrected chi connectivity index (χ4v) is 3.69. The van der Waals surface area contributed by atoms with Crippen LogP contribution in [0.3, 0.4) is 0 Å². The van der Waals surface area contributed by atoms with Crippen molar-refractivity contribution in [1.82, 2.24) is 19.7 Å². The molecule has 0 fully saturated rings. The average Bonchev–Trinajstić information content (AvgIpc) is 2.71. The fourth-order valence-electron chi connectivity index (χ4n) is 3.26. The van der Waals surface area contributed by atoms with Crippen LogP contribution in [-0.2, 0) is 19.4 Å². The van der Waals surface area contributed by atoms with Crippen molar-refractivity contribution in [3.63, 3.8) is 0 Å². The van der Waals surface area contributed by atoms with Gasteiger partial charge in [-0.05, 0) is 36.6 Å². The van der Waals surface area contributed by atoms with E-state index in [9.17, 15) is 4.79 Å². The molecule has 0 bridgehead atoms. The third-order valence-corrected chi connectivity index (χ3v) is 5.72. The van der Waals surface area contributed by atoms with Crippen LogP contribution in [0, 0.1) is 6.92 Å². The second-order valence-corrected chi connectivity index (χ2v) is 7.56. The van der Waals surface area contributed by atoms with Crippen LogP contribution in [0.4, 0.5) is 5.69 Å². The fraction of sp³-hybridized carbons (Fsp3) is 0.300. The van der Waals surface area contributed by atoms with E-state index in [0.717, 1.165) is 42.0 Å². The highest BCUT2D eigenvalue weighted by Crippen LogP contribution is 2.27. The second-order valence-electron chi connectivity index (χ2n) is 6.78. The van der Waals surface area contributed by atoms with E-state index in [1.807, 2.05) is 31.0 Å². The number of benzene rings is 1. The van der Waals surface area contributed by atoms with E-state index in [2.05, 4.69) is 15.1 Å². The number of aromatic nitrogens is 4. The molecule has 0 saturated carbocycles. The minimum Gasteiger partial charge on any atom is -0.363 e. The summed E-state index contributed by atoms with van der Waals surface area (Å²) < 4.78 is 1.27. The Morgan fingerprint density at radius 1 is 1.21 bits per heavy atom. The number of rotatable bonds is 3. The molecule has 6 nitrogen and oxygen atoms in total. The first-order valence-corrected chi connectivity index (χ1v) is 9.86. The summed E-state index contributed by atoms with van der Waals surface area (Å²) in [6.07, 6.45) is 5.11. The molecule has 1 aliphatic heterocycles. The van der Waals surface area contributed by atoms with Gasteiger partial charge in [-0.1, -0.05) is 36.2 Å². The molecule has 3 heterocycles. The maximum atomic E-state index is 12.8. The second kappa shape index (κ2) is 7.53. The molecular formula is C20H19Cl2N5O. The van der Waals surface area contributed by atoms with Gasteiger partial charge in [0.25, 0.3) is 5.56 Å². The Balaban J connectivity index is 1.69. The first kappa shape index (κ1) is 18.9. The van der Waals surface area contributed by atoms with Crippen LogP contribution in [0.5, 0.6) is 0 Å². The van der Waals surface area contributed by atoms with Gasteiger partial charge in [-0.2, -0.15) is 9.78 Å². The number of hydrogen-bond donors (Lipinski definition) is 0. The Labute approximate surface area is 172 Å². The summed E-state index contributed by atoms with van der Waals surface area (Å²) in [6.45, 7) is 5.23. The Morgan fingerprint density at radius 3 is 2.79 bits per heavy atom. The van der Waals surface area contributed by atoms with Gasteiger partial charge in [-0.3, -0.25) is 4.79 Å². The minimum atomic E-state index is -0.373. The average molecular weight is 416 g/mol. The molecular weight excluding hydrogens is 397 g/mol. The van der Waals surface area contributed by atoms with E-state index >= 15 is 0 Å². The van der Waals surface area contributed by atoms with E-state index in [0.29, 0.717) is 22.9 Å². The number of aryl methyl sites for hydroxylation is 2. The smallest absolute Gasteiger partial charge is 0.292 e. The van der Waals surface area contributed by atoms with Crippen LogP contribution >= 0.6 is 23.2 Å². The van der Waals surface area contributed by atoms with Crippen LogP contribution < -0.4 is 10.5 Å². The molecule has 2 aromatic heterocycles. The lowest BCUT2D eigenvalue weighted by molar-refractivity contribution is 0.685. The molecule has 144 valence electrons. The van der Waals surface area contributed by atoms with Gasteiger partial charge in [0.15, 0.2) is 0 Å². The highest BCUT2D eigenvalue weighted by atomic mass is 35.5. The molecule has 8 heteroatoms. The zero-order valence-electron chi connectivity index (χ0n) is 15.6. The molecule has 1 aromatic carbocycles. The van der Waals surface area contributed by atoms with Crippen LogP contribution in [0.2, 0.25) is 10.0 Å². The van der Waals surface area contributed by atoms with E-state index in [-0.39, 0.29) is 10.6 Å². The van der Waals surface area contributed by atoms with Gasteiger partial charge in [-0.15, -0.1) is 0 Å². The zero-order valence-corrected chi connectivity index (χ0v) is 17.1. The topological polar surface area (TPSA) is 63.9 Å². The van der Waals surface area contributed by atoms with Gasteiger partial charge in [0, 0.05) is 24.2 Å². The molecule has 3 aromatic rings. The normalized spacial score (nSPS) is 13.5. The Hall–Kier alpha value is -2.44. The van der Waals surface area contributed by atoms with Crippen molar-refractivity contribution < 1.29 is 0 Å². The molecule has 0 radical (unpaired) electrons. The largest absolute Gasteiger partial charge is 0.363 e. The lowest BCUT2D eigenvalue weighted by Gasteiger charge is -2.30. The molecule has 4 rings (SSSR count). The van der Waals surface area contributed by atoms with E-state index in [4.69, 9.17) is 23.2 Å². The van der Waals surface area contributed by atoms with Crippen LogP contribution in [0.25, 0.3) is 5.69 Å². The summed E-state index contributed by atoms with van der Waals surface area (Å²) in [6, 6.07) is 5.35. The van der Waals surface area contributed by atoms with Gasteiger partial charge in [0.2, 0.25) is 0 Å². The summed E-state index contributed by atoms with van der Waals surface area (Å²) in [5.74, 6) is 0.816. The number of halogens is 2. The highest BCUT2D eigenvalue weighted by molar-refractivity contribution is 6.33. The summed E-state index contributed by atoms with van der Waals surface area (Å²) in [7, 11) is 0. The lowest BCUT2D eigenvalue weighted by atomic mass is 10.1. The monoisotopic (exact) mass is 415 g/mol. The Kier molecular flexibility index (Phi) is 5.08. The maximum absolute atomic E-state index is 12.8. The highest BCUT2D eigenvalue weighted by Gasteiger charge is 2.22. The van der Waals surface area contributed by atoms with Crippen molar-refractivity contribution in [2.75, 3.05) is 11.4 Å². The predicted molar refractivity (Wildman–Crippen MR) is 111 cm³/mol. The third-order valence-electron chi connectivity index (χ3n) is 4.95. The molecule has 0 atom stereocenters. The van der Waals surface area contributed by atoms with Crippen LogP contribution in [-0.4, -0.2) is 26.3 Å². The predicted octanol–water partition coefficient (Wildman–Crippen LogP) is 3.76. The molecule has 0 amide bonds. The number of hydrogen-bond acceptors (Lipinski definition) is 5. The standard InChI is InChI=1S/C20H19Cl2N5O/c1-3-18-23-9-13-6-7-26(11-16(13)25-18)17-10-24-27(20(28)19(17)22)14-5-4-12(2)15(21)8-14/h4-5,8-10H,3,6-7,11H2,1-2H3.